The van der Waals surface area contributed by atoms with E-state index < -0.39 is 0 Å². The highest BCUT2D eigenvalue weighted by atomic mass is 32.2. The number of rotatable bonds is 7. The summed E-state index contributed by atoms with van der Waals surface area (Å²) in [5, 5.41) is 18.7. The van der Waals surface area contributed by atoms with Crippen molar-refractivity contribution in [3.63, 3.8) is 0 Å². The maximum absolute atomic E-state index is 12.6. The molecule has 2 heterocycles. The minimum Gasteiger partial charge on any atom is -0.360 e. The van der Waals surface area contributed by atoms with Gasteiger partial charge in [0.05, 0.1) is 10.9 Å². The van der Waals surface area contributed by atoms with E-state index in [1.807, 2.05) is 38.1 Å². The number of anilines is 1. The molecule has 0 saturated heterocycles. The lowest BCUT2D eigenvalue weighted by Crippen LogP contribution is -2.25. The van der Waals surface area contributed by atoms with Crippen LogP contribution >= 0.6 is 11.8 Å². The Balaban J connectivity index is 1.78. The predicted octanol–water partition coefficient (Wildman–Crippen LogP) is 3.17. The van der Waals surface area contributed by atoms with Crippen LogP contribution in [0, 0.1) is 13.8 Å². The topological polar surface area (TPSA) is 98.7 Å². The Kier molecular flexibility index (Phi) is 5.67. The molecule has 8 nitrogen and oxygen atoms in total. The fourth-order valence-electron chi connectivity index (χ4n) is 2.44. The van der Waals surface area contributed by atoms with Crippen LogP contribution in [0.3, 0.4) is 0 Å². The summed E-state index contributed by atoms with van der Waals surface area (Å²) < 4.78 is 6.64. The van der Waals surface area contributed by atoms with Gasteiger partial charge < -0.3 is 9.84 Å². The zero-order chi connectivity index (χ0) is 18.5. The van der Waals surface area contributed by atoms with Gasteiger partial charge >= 0.3 is 0 Å². The van der Waals surface area contributed by atoms with E-state index in [0.717, 1.165) is 17.7 Å². The molecular formula is C17H20N6O2S. The zero-order valence-corrected chi connectivity index (χ0v) is 15.7. The van der Waals surface area contributed by atoms with E-state index in [9.17, 15) is 4.79 Å². The monoisotopic (exact) mass is 372 g/mol. The third kappa shape index (κ3) is 4.29. The van der Waals surface area contributed by atoms with Crippen LogP contribution in [0.1, 0.15) is 31.1 Å². The number of carbonyl (C=O) groups is 1. The van der Waals surface area contributed by atoms with Gasteiger partial charge in [-0.3, -0.25) is 4.79 Å². The standard InChI is InChI=1S/C17H20N6O2S/c1-4-6-14(16(24)18-15-10-12(3)25-20-15)26-17-19-21-22-23(17)13-8-5-7-11(2)9-13/h5,7-10,14H,4,6H2,1-3H3,(H,18,20,24)/t14-/m1/s1. The number of hydrogen-bond acceptors (Lipinski definition) is 7. The first-order chi connectivity index (χ1) is 12.6. The zero-order valence-electron chi connectivity index (χ0n) is 14.8. The average Bonchev–Trinajstić information content (AvgIpc) is 3.23. The Labute approximate surface area is 155 Å². The van der Waals surface area contributed by atoms with Gasteiger partial charge in [0, 0.05) is 6.07 Å². The van der Waals surface area contributed by atoms with E-state index in [0.29, 0.717) is 23.2 Å². The predicted molar refractivity (Wildman–Crippen MR) is 98.3 cm³/mol. The quantitative estimate of drug-likeness (QED) is 0.636. The van der Waals surface area contributed by atoms with Gasteiger partial charge in [-0.2, -0.15) is 4.68 Å². The number of nitrogens with zero attached hydrogens (tertiary/aromatic N) is 5. The van der Waals surface area contributed by atoms with Gasteiger partial charge in [-0.15, -0.1) is 5.10 Å². The number of thioether (sulfide) groups is 1. The molecule has 0 saturated carbocycles. The highest BCUT2D eigenvalue weighted by Crippen LogP contribution is 2.27. The minimum absolute atomic E-state index is 0.149. The van der Waals surface area contributed by atoms with Crippen molar-refractivity contribution in [3.8, 4) is 5.69 Å². The molecule has 0 bridgehead atoms. The van der Waals surface area contributed by atoms with E-state index in [1.165, 1.54) is 11.8 Å². The number of aryl methyl sites for hydroxylation is 2. The minimum atomic E-state index is -0.341. The first-order valence-electron chi connectivity index (χ1n) is 8.33. The summed E-state index contributed by atoms with van der Waals surface area (Å²) >= 11 is 1.34. The second kappa shape index (κ2) is 8.13. The maximum atomic E-state index is 12.6. The summed E-state index contributed by atoms with van der Waals surface area (Å²) in [6.45, 7) is 5.81. The number of hydrogen-bond donors (Lipinski definition) is 1. The summed E-state index contributed by atoms with van der Waals surface area (Å²) in [4.78, 5) is 12.6. The van der Waals surface area contributed by atoms with Crippen molar-refractivity contribution in [2.24, 2.45) is 0 Å². The van der Waals surface area contributed by atoms with Gasteiger partial charge in [-0.05, 0) is 48.4 Å². The number of aromatic nitrogens is 5. The highest BCUT2D eigenvalue weighted by Gasteiger charge is 2.23. The Morgan fingerprint density at radius 1 is 1.35 bits per heavy atom. The number of amides is 1. The molecule has 0 aliphatic heterocycles. The number of nitrogens with one attached hydrogen (secondary N) is 1. The lowest BCUT2D eigenvalue weighted by molar-refractivity contribution is -0.115. The van der Waals surface area contributed by atoms with Gasteiger partial charge in [-0.25, -0.2) is 0 Å². The van der Waals surface area contributed by atoms with Crippen molar-refractivity contribution in [3.05, 3.63) is 41.7 Å². The molecule has 3 rings (SSSR count). The van der Waals surface area contributed by atoms with Gasteiger partial charge in [0.2, 0.25) is 11.1 Å². The molecule has 0 fully saturated rings. The average molecular weight is 372 g/mol. The largest absolute Gasteiger partial charge is 0.360 e. The van der Waals surface area contributed by atoms with Crippen molar-refractivity contribution in [1.82, 2.24) is 25.4 Å². The van der Waals surface area contributed by atoms with Crippen LogP contribution in [0.4, 0.5) is 5.82 Å². The van der Waals surface area contributed by atoms with Crippen molar-refractivity contribution in [1.29, 1.82) is 0 Å². The molecule has 0 aliphatic rings. The molecule has 1 amide bonds. The van der Waals surface area contributed by atoms with Crippen LogP contribution in [0.25, 0.3) is 5.69 Å². The molecule has 0 radical (unpaired) electrons. The summed E-state index contributed by atoms with van der Waals surface area (Å²) in [5.41, 5.74) is 1.97. The van der Waals surface area contributed by atoms with Crippen LogP contribution in [-0.2, 0) is 4.79 Å². The molecule has 136 valence electrons. The van der Waals surface area contributed by atoms with E-state index in [4.69, 9.17) is 4.52 Å². The Morgan fingerprint density at radius 3 is 2.88 bits per heavy atom. The molecule has 9 heteroatoms. The van der Waals surface area contributed by atoms with E-state index >= 15 is 0 Å². The molecule has 3 aromatic rings. The summed E-state index contributed by atoms with van der Waals surface area (Å²) in [6.07, 6.45) is 1.54. The Morgan fingerprint density at radius 2 is 2.19 bits per heavy atom. The third-order valence-corrected chi connectivity index (χ3v) is 4.86. The molecule has 26 heavy (non-hydrogen) atoms. The first-order valence-corrected chi connectivity index (χ1v) is 9.21. The third-order valence-electron chi connectivity index (χ3n) is 3.66. The first kappa shape index (κ1) is 18.1. The van der Waals surface area contributed by atoms with Crippen molar-refractivity contribution < 1.29 is 9.32 Å². The molecule has 1 N–H and O–H groups in total. The Bertz CT molecular complexity index is 891. The van der Waals surface area contributed by atoms with Gasteiger partial charge in [0.15, 0.2) is 5.82 Å². The van der Waals surface area contributed by atoms with Gasteiger partial charge in [0.1, 0.15) is 5.76 Å². The van der Waals surface area contributed by atoms with Crippen molar-refractivity contribution >= 4 is 23.5 Å². The highest BCUT2D eigenvalue weighted by molar-refractivity contribution is 8.00. The fraction of sp³-hybridized carbons (Fsp3) is 0.353. The number of benzene rings is 1. The van der Waals surface area contributed by atoms with Crippen molar-refractivity contribution in [2.45, 2.75) is 44.0 Å². The normalized spacial score (nSPS) is 12.1. The SMILES string of the molecule is CCC[C@@H](Sc1nnnn1-c1cccc(C)c1)C(=O)Nc1cc(C)on1. The summed E-state index contributed by atoms with van der Waals surface area (Å²) in [5.74, 6) is 0.903. The van der Waals surface area contributed by atoms with Crippen molar-refractivity contribution in [2.75, 3.05) is 5.32 Å². The second-order valence-corrected chi connectivity index (χ2v) is 7.09. The van der Waals surface area contributed by atoms with E-state index in [2.05, 4.69) is 26.0 Å². The number of tetrazole rings is 1. The van der Waals surface area contributed by atoms with Crippen LogP contribution in [0.15, 0.2) is 40.0 Å². The van der Waals surface area contributed by atoms with E-state index in [-0.39, 0.29) is 11.2 Å². The maximum Gasteiger partial charge on any atom is 0.239 e. The lowest BCUT2D eigenvalue weighted by atomic mass is 10.2. The number of carbonyl (C=O) groups excluding carboxylic acids is 1. The second-order valence-electron chi connectivity index (χ2n) is 5.92. The summed E-state index contributed by atoms with van der Waals surface area (Å²) in [7, 11) is 0. The smallest absolute Gasteiger partial charge is 0.239 e. The molecular weight excluding hydrogens is 352 g/mol. The lowest BCUT2D eigenvalue weighted by Gasteiger charge is -2.14. The fourth-order valence-corrected chi connectivity index (χ4v) is 3.54. The molecule has 1 atom stereocenters. The molecule has 2 aromatic heterocycles. The van der Waals surface area contributed by atoms with Crippen LogP contribution < -0.4 is 5.32 Å². The Hall–Kier alpha value is -2.68. The van der Waals surface area contributed by atoms with Crippen LogP contribution in [0.2, 0.25) is 0 Å². The summed E-state index contributed by atoms with van der Waals surface area (Å²) in [6, 6.07) is 9.56. The van der Waals surface area contributed by atoms with Crippen LogP contribution in [0.5, 0.6) is 0 Å². The molecule has 0 aliphatic carbocycles. The molecule has 0 unspecified atom stereocenters. The van der Waals surface area contributed by atoms with E-state index in [1.54, 1.807) is 17.7 Å². The van der Waals surface area contributed by atoms with Gasteiger partial charge in [-0.1, -0.05) is 42.4 Å². The van der Waals surface area contributed by atoms with Crippen LogP contribution in [-0.4, -0.2) is 36.5 Å². The molecule has 0 spiro atoms. The van der Waals surface area contributed by atoms with Gasteiger partial charge in [0.25, 0.3) is 0 Å². The molecule has 1 aromatic carbocycles.